The number of carbonyl (C=O) groups is 1. The maximum atomic E-state index is 13.3. The fourth-order valence-electron chi connectivity index (χ4n) is 2.15. The number of carbonyl (C=O) groups excluding carboxylic acids is 1. The summed E-state index contributed by atoms with van der Waals surface area (Å²) in [6.07, 6.45) is 0.314. The van der Waals surface area contributed by atoms with Crippen LogP contribution in [0.5, 0.6) is 5.75 Å². The van der Waals surface area contributed by atoms with Gasteiger partial charge in [-0.2, -0.15) is 0 Å². The highest BCUT2D eigenvalue weighted by Gasteiger charge is 2.16. The number of aromatic hydroxyl groups is 1. The van der Waals surface area contributed by atoms with Crippen LogP contribution in [0.25, 0.3) is 0 Å². The number of benzene rings is 2. The van der Waals surface area contributed by atoms with Crippen LogP contribution in [0, 0.1) is 5.82 Å². The maximum Gasteiger partial charge on any atom is 0.130 e. The second kappa shape index (κ2) is 5.65. The lowest BCUT2D eigenvalue weighted by Crippen LogP contribution is -2.06. The molecule has 2 nitrogen and oxygen atoms in total. The highest BCUT2D eigenvalue weighted by molar-refractivity contribution is 5.77. The molecule has 2 rings (SSSR count). The molecule has 0 amide bonds. The van der Waals surface area contributed by atoms with E-state index in [1.165, 1.54) is 19.1 Å². The quantitative estimate of drug-likeness (QED) is 0.909. The zero-order valence-electron chi connectivity index (χ0n) is 10.6. The van der Waals surface area contributed by atoms with Crippen LogP contribution in [0.1, 0.15) is 30.4 Å². The summed E-state index contributed by atoms with van der Waals surface area (Å²) in [4.78, 5) is 11.4. The molecule has 0 radical (unpaired) electrons. The zero-order chi connectivity index (χ0) is 13.8. The van der Waals surface area contributed by atoms with E-state index in [-0.39, 0.29) is 23.3 Å². The van der Waals surface area contributed by atoms with E-state index in [1.807, 2.05) is 6.07 Å². The van der Waals surface area contributed by atoms with Crippen LogP contribution >= 0.6 is 0 Å². The highest BCUT2D eigenvalue weighted by Crippen LogP contribution is 2.29. The molecule has 2 aromatic carbocycles. The summed E-state index contributed by atoms with van der Waals surface area (Å²) in [5, 5.41) is 9.31. The van der Waals surface area contributed by atoms with Crippen molar-refractivity contribution in [2.24, 2.45) is 0 Å². The van der Waals surface area contributed by atoms with E-state index >= 15 is 0 Å². The minimum Gasteiger partial charge on any atom is -0.508 e. The van der Waals surface area contributed by atoms with Gasteiger partial charge >= 0.3 is 0 Å². The molecule has 0 fully saturated rings. The number of halogens is 1. The van der Waals surface area contributed by atoms with Crippen molar-refractivity contribution in [3.8, 4) is 5.75 Å². The van der Waals surface area contributed by atoms with Crippen LogP contribution in [0.4, 0.5) is 4.39 Å². The molecule has 0 saturated heterocycles. The average Bonchev–Trinajstić information content (AvgIpc) is 2.37. The molecule has 98 valence electrons. The van der Waals surface area contributed by atoms with Crippen molar-refractivity contribution in [3.63, 3.8) is 0 Å². The topological polar surface area (TPSA) is 37.3 Å². The van der Waals surface area contributed by atoms with Gasteiger partial charge in [0.15, 0.2) is 0 Å². The summed E-state index contributed by atoms with van der Waals surface area (Å²) in [7, 11) is 0. The molecule has 0 aliphatic carbocycles. The Labute approximate surface area is 111 Å². The van der Waals surface area contributed by atoms with Crippen LogP contribution in [0.3, 0.4) is 0 Å². The van der Waals surface area contributed by atoms with Crippen LogP contribution in [-0.2, 0) is 4.79 Å². The molecular weight excluding hydrogens is 243 g/mol. The molecular formula is C16H15FO2. The smallest absolute Gasteiger partial charge is 0.130 e. The van der Waals surface area contributed by atoms with E-state index in [9.17, 15) is 14.3 Å². The Morgan fingerprint density at radius 2 is 1.84 bits per heavy atom. The van der Waals surface area contributed by atoms with Gasteiger partial charge in [0, 0.05) is 12.3 Å². The van der Waals surface area contributed by atoms with Crippen molar-refractivity contribution in [1.82, 2.24) is 0 Å². The number of hydrogen-bond donors (Lipinski definition) is 1. The lowest BCUT2D eigenvalue weighted by atomic mass is 9.87. The molecule has 0 heterocycles. The van der Waals surface area contributed by atoms with Crippen molar-refractivity contribution in [1.29, 1.82) is 0 Å². The first kappa shape index (κ1) is 13.3. The highest BCUT2D eigenvalue weighted by atomic mass is 19.1. The molecule has 1 N–H and O–H groups in total. The molecule has 0 bridgehead atoms. The molecule has 0 saturated carbocycles. The van der Waals surface area contributed by atoms with Crippen LogP contribution in [-0.4, -0.2) is 10.9 Å². The minimum absolute atomic E-state index is 0.0438. The lowest BCUT2D eigenvalue weighted by Gasteiger charge is -2.16. The molecule has 1 atom stereocenters. The fraction of sp³-hybridized carbons (Fsp3) is 0.188. The summed E-state index contributed by atoms with van der Waals surface area (Å²) in [5.74, 6) is -0.287. The lowest BCUT2D eigenvalue weighted by molar-refractivity contribution is -0.117. The Kier molecular flexibility index (Phi) is 3.95. The number of hydrogen-bond acceptors (Lipinski definition) is 2. The Morgan fingerprint density at radius 3 is 2.42 bits per heavy atom. The minimum atomic E-state index is -0.315. The molecule has 3 heteroatoms. The van der Waals surface area contributed by atoms with Crippen LogP contribution in [0.15, 0.2) is 48.5 Å². The van der Waals surface area contributed by atoms with Gasteiger partial charge < -0.3 is 5.11 Å². The van der Waals surface area contributed by atoms with Gasteiger partial charge in [-0.15, -0.1) is 0 Å². The number of Topliss-reactive ketones (excluding diaryl/α,β-unsaturated/α-hetero) is 1. The van der Waals surface area contributed by atoms with Gasteiger partial charge in [0.1, 0.15) is 17.3 Å². The summed E-state index contributed by atoms with van der Waals surface area (Å²) >= 11 is 0. The van der Waals surface area contributed by atoms with E-state index in [4.69, 9.17) is 0 Å². The molecule has 0 aliphatic rings. The van der Waals surface area contributed by atoms with Gasteiger partial charge in [0.25, 0.3) is 0 Å². The first-order chi connectivity index (χ1) is 9.06. The molecule has 0 aliphatic heterocycles. The summed E-state index contributed by atoms with van der Waals surface area (Å²) < 4.78 is 13.3. The average molecular weight is 258 g/mol. The fourth-order valence-corrected chi connectivity index (χ4v) is 2.15. The zero-order valence-corrected chi connectivity index (χ0v) is 10.6. The van der Waals surface area contributed by atoms with E-state index < -0.39 is 0 Å². The van der Waals surface area contributed by atoms with Crippen LogP contribution in [0.2, 0.25) is 0 Å². The Balaban J connectivity index is 2.40. The van der Waals surface area contributed by atoms with Crippen molar-refractivity contribution in [2.45, 2.75) is 19.3 Å². The van der Waals surface area contributed by atoms with Crippen molar-refractivity contribution in [2.75, 3.05) is 0 Å². The first-order valence-corrected chi connectivity index (χ1v) is 6.10. The monoisotopic (exact) mass is 258 g/mol. The third kappa shape index (κ3) is 3.41. The Morgan fingerprint density at radius 1 is 1.16 bits per heavy atom. The number of phenolic OH excluding ortho intramolecular Hbond substituents is 1. The van der Waals surface area contributed by atoms with Gasteiger partial charge in [0.05, 0.1) is 0 Å². The number of rotatable bonds is 4. The maximum absolute atomic E-state index is 13.3. The van der Waals surface area contributed by atoms with Crippen molar-refractivity contribution >= 4 is 5.78 Å². The third-order valence-corrected chi connectivity index (χ3v) is 3.04. The van der Waals surface area contributed by atoms with E-state index in [2.05, 4.69) is 0 Å². The van der Waals surface area contributed by atoms with Gasteiger partial charge in [-0.05, 0) is 42.3 Å². The van der Waals surface area contributed by atoms with Crippen molar-refractivity contribution < 1.29 is 14.3 Å². The van der Waals surface area contributed by atoms with Crippen LogP contribution < -0.4 is 0 Å². The normalized spacial score (nSPS) is 12.1. The third-order valence-electron chi connectivity index (χ3n) is 3.04. The first-order valence-electron chi connectivity index (χ1n) is 6.10. The van der Waals surface area contributed by atoms with E-state index in [0.717, 1.165) is 11.1 Å². The predicted octanol–water partition coefficient (Wildman–Crippen LogP) is 3.64. The number of ketones is 1. The van der Waals surface area contributed by atoms with Gasteiger partial charge in [-0.3, -0.25) is 4.79 Å². The van der Waals surface area contributed by atoms with E-state index in [1.54, 1.807) is 30.3 Å². The summed E-state index contributed by atoms with van der Waals surface area (Å²) in [5.41, 5.74) is 1.65. The Hall–Kier alpha value is -2.16. The molecule has 0 aromatic heterocycles. The van der Waals surface area contributed by atoms with Gasteiger partial charge in [-0.1, -0.05) is 24.3 Å². The summed E-state index contributed by atoms with van der Waals surface area (Å²) in [6.45, 7) is 1.52. The Bertz CT molecular complexity index is 576. The standard InChI is InChI=1S/C16H15FO2/c1-11(18)9-16(12-5-7-15(19)8-6-12)13-3-2-4-14(17)10-13/h2-8,10,16,19H,9H2,1H3. The van der Waals surface area contributed by atoms with Gasteiger partial charge in [0.2, 0.25) is 0 Å². The molecule has 1 unspecified atom stereocenters. The second-order valence-electron chi connectivity index (χ2n) is 4.61. The molecule has 2 aromatic rings. The summed E-state index contributed by atoms with van der Waals surface area (Å²) in [6, 6.07) is 12.9. The predicted molar refractivity (Wildman–Crippen MR) is 71.6 cm³/mol. The number of phenols is 1. The van der Waals surface area contributed by atoms with Gasteiger partial charge in [-0.25, -0.2) is 4.39 Å². The molecule has 0 spiro atoms. The largest absolute Gasteiger partial charge is 0.508 e. The van der Waals surface area contributed by atoms with Crippen molar-refractivity contribution in [3.05, 3.63) is 65.5 Å². The van der Waals surface area contributed by atoms with E-state index in [0.29, 0.717) is 6.42 Å². The second-order valence-corrected chi connectivity index (χ2v) is 4.61. The SMILES string of the molecule is CC(=O)CC(c1ccc(O)cc1)c1cccc(F)c1. The molecule has 19 heavy (non-hydrogen) atoms.